The summed E-state index contributed by atoms with van der Waals surface area (Å²) in [5, 5.41) is 2.82. The number of halogens is 1. The van der Waals surface area contributed by atoms with Crippen LogP contribution < -0.4 is 5.32 Å². The van der Waals surface area contributed by atoms with Crippen LogP contribution in [-0.2, 0) is 6.54 Å². The second-order valence-electron chi connectivity index (χ2n) is 3.50. The number of benzene rings is 1. The van der Waals surface area contributed by atoms with E-state index in [0.717, 1.165) is 10.3 Å². The van der Waals surface area contributed by atoms with Crippen molar-refractivity contribution in [1.29, 1.82) is 0 Å². The number of carbonyl (C=O) groups excluding carboxylic acids is 1. The van der Waals surface area contributed by atoms with E-state index in [4.69, 9.17) is 0 Å². The summed E-state index contributed by atoms with van der Waals surface area (Å²) in [5.41, 5.74) is 1.48. The Morgan fingerprint density at radius 3 is 2.59 bits per heavy atom. The summed E-state index contributed by atoms with van der Waals surface area (Å²) in [7, 11) is 0. The minimum atomic E-state index is -0.0904. The number of hydrogen-bond donors (Lipinski definition) is 1. The lowest BCUT2D eigenvalue weighted by molar-refractivity contribution is 0.0950. The summed E-state index contributed by atoms with van der Waals surface area (Å²) in [4.78, 5) is 16.0. The number of carbonyl (C=O) groups is 1. The Hall–Kier alpha value is -1.68. The molecule has 0 fully saturated rings. The maximum atomic E-state index is 11.8. The highest BCUT2D eigenvalue weighted by atomic mass is 79.9. The van der Waals surface area contributed by atoms with Crippen LogP contribution in [0.5, 0.6) is 0 Å². The van der Waals surface area contributed by atoms with Crippen LogP contribution in [0, 0.1) is 0 Å². The minimum absolute atomic E-state index is 0.0904. The van der Waals surface area contributed by atoms with Crippen LogP contribution in [0.3, 0.4) is 0 Å². The molecule has 0 unspecified atom stereocenters. The maximum Gasteiger partial charge on any atom is 0.251 e. The molecule has 0 spiro atoms. The average molecular weight is 291 g/mol. The van der Waals surface area contributed by atoms with Gasteiger partial charge in [-0.1, -0.05) is 24.3 Å². The SMILES string of the molecule is O=C(NCc1cccc(Br)n1)c1ccccc1. The van der Waals surface area contributed by atoms with Crippen molar-refractivity contribution in [3.05, 3.63) is 64.4 Å². The Morgan fingerprint density at radius 2 is 1.88 bits per heavy atom. The highest BCUT2D eigenvalue weighted by molar-refractivity contribution is 9.10. The second-order valence-corrected chi connectivity index (χ2v) is 4.31. The van der Waals surface area contributed by atoms with E-state index < -0.39 is 0 Å². The number of amides is 1. The van der Waals surface area contributed by atoms with Gasteiger partial charge in [0.15, 0.2) is 0 Å². The molecular weight excluding hydrogens is 280 g/mol. The molecule has 0 aliphatic carbocycles. The number of pyridine rings is 1. The third-order valence-corrected chi connectivity index (χ3v) is 2.68. The van der Waals surface area contributed by atoms with E-state index in [1.807, 2.05) is 36.4 Å². The molecule has 0 saturated heterocycles. The smallest absolute Gasteiger partial charge is 0.251 e. The minimum Gasteiger partial charge on any atom is -0.346 e. The van der Waals surface area contributed by atoms with Crippen molar-refractivity contribution >= 4 is 21.8 Å². The Balaban J connectivity index is 1.97. The van der Waals surface area contributed by atoms with Gasteiger partial charge >= 0.3 is 0 Å². The summed E-state index contributed by atoms with van der Waals surface area (Å²) >= 11 is 3.29. The standard InChI is InChI=1S/C13H11BrN2O/c14-12-8-4-7-11(16-12)9-15-13(17)10-5-2-1-3-6-10/h1-8H,9H2,(H,15,17). The van der Waals surface area contributed by atoms with Crippen molar-refractivity contribution in [2.75, 3.05) is 0 Å². The van der Waals surface area contributed by atoms with Crippen LogP contribution in [0.4, 0.5) is 0 Å². The van der Waals surface area contributed by atoms with Gasteiger partial charge in [0.1, 0.15) is 4.60 Å². The van der Waals surface area contributed by atoms with Crippen LogP contribution in [0.2, 0.25) is 0 Å². The molecular formula is C13H11BrN2O. The zero-order valence-electron chi connectivity index (χ0n) is 9.06. The van der Waals surface area contributed by atoms with Crippen molar-refractivity contribution in [3.8, 4) is 0 Å². The number of hydrogen-bond acceptors (Lipinski definition) is 2. The third kappa shape index (κ3) is 3.39. The van der Waals surface area contributed by atoms with Crippen molar-refractivity contribution in [2.45, 2.75) is 6.54 Å². The lowest BCUT2D eigenvalue weighted by Gasteiger charge is -2.04. The molecule has 3 nitrogen and oxygen atoms in total. The fourth-order valence-corrected chi connectivity index (χ4v) is 1.79. The molecule has 1 amide bonds. The first-order chi connectivity index (χ1) is 8.25. The van der Waals surface area contributed by atoms with Crippen LogP contribution >= 0.6 is 15.9 Å². The first-order valence-electron chi connectivity index (χ1n) is 5.20. The summed E-state index contributed by atoms with van der Waals surface area (Å²) in [6.45, 7) is 0.424. The number of nitrogens with one attached hydrogen (secondary N) is 1. The van der Waals surface area contributed by atoms with E-state index >= 15 is 0 Å². The van der Waals surface area contributed by atoms with Gasteiger partial charge < -0.3 is 5.32 Å². The molecule has 86 valence electrons. The summed E-state index contributed by atoms with van der Waals surface area (Å²) in [6, 6.07) is 14.7. The fraction of sp³-hybridized carbons (Fsp3) is 0.0769. The van der Waals surface area contributed by atoms with Crippen LogP contribution in [-0.4, -0.2) is 10.9 Å². The third-order valence-electron chi connectivity index (χ3n) is 2.24. The Kier molecular flexibility index (Phi) is 3.88. The van der Waals surface area contributed by atoms with Gasteiger partial charge in [-0.25, -0.2) is 4.98 Å². The molecule has 0 atom stereocenters. The van der Waals surface area contributed by atoms with Crippen molar-refractivity contribution in [2.24, 2.45) is 0 Å². The van der Waals surface area contributed by atoms with Gasteiger partial charge in [-0.05, 0) is 40.2 Å². The quantitative estimate of drug-likeness (QED) is 0.884. The first-order valence-corrected chi connectivity index (χ1v) is 6.00. The van der Waals surface area contributed by atoms with Crippen molar-refractivity contribution < 1.29 is 4.79 Å². The largest absolute Gasteiger partial charge is 0.346 e. The Morgan fingerprint density at radius 1 is 1.12 bits per heavy atom. The molecule has 0 aliphatic rings. The van der Waals surface area contributed by atoms with Crippen molar-refractivity contribution in [1.82, 2.24) is 10.3 Å². The molecule has 0 radical (unpaired) electrons. The van der Waals surface area contributed by atoms with Gasteiger partial charge in [0, 0.05) is 5.56 Å². The predicted molar refractivity (Wildman–Crippen MR) is 69.5 cm³/mol. The van der Waals surface area contributed by atoms with E-state index in [2.05, 4.69) is 26.2 Å². The average Bonchev–Trinajstić information content (AvgIpc) is 2.37. The highest BCUT2D eigenvalue weighted by Crippen LogP contribution is 2.06. The summed E-state index contributed by atoms with van der Waals surface area (Å²) in [6.07, 6.45) is 0. The van der Waals surface area contributed by atoms with E-state index in [-0.39, 0.29) is 5.91 Å². The molecule has 0 bridgehead atoms. The van der Waals surface area contributed by atoms with E-state index in [0.29, 0.717) is 12.1 Å². The molecule has 2 rings (SSSR count). The highest BCUT2D eigenvalue weighted by Gasteiger charge is 2.04. The summed E-state index contributed by atoms with van der Waals surface area (Å²) < 4.78 is 0.768. The van der Waals surface area contributed by atoms with Gasteiger partial charge in [0.05, 0.1) is 12.2 Å². The van der Waals surface area contributed by atoms with Gasteiger partial charge in [-0.3, -0.25) is 4.79 Å². The number of aromatic nitrogens is 1. The number of rotatable bonds is 3. The lowest BCUT2D eigenvalue weighted by Crippen LogP contribution is -2.23. The molecule has 17 heavy (non-hydrogen) atoms. The van der Waals surface area contributed by atoms with Gasteiger partial charge in [-0.2, -0.15) is 0 Å². The zero-order chi connectivity index (χ0) is 12.1. The predicted octanol–water partition coefficient (Wildman–Crippen LogP) is 2.77. The van der Waals surface area contributed by atoms with Gasteiger partial charge in [0.2, 0.25) is 0 Å². The second kappa shape index (κ2) is 5.59. The van der Waals surface area contributed by atoms with E-state index in [1.165, 1.54) is 0 Å². The first kappa shape index (κ1) is 11.8. The molecule has 2 aromatic rings. The van der Waals surface area contributed by atoms with E-state index in [9.17, 15) is 4.79 Å². The van der Waals surface area contributed by atoms with Crippen molar-refractivity contribution in [3.63, 3.8) is 0 Å². The van der Waals surface area contributed by atoms with E-state index in [1.54, 1.807) is 12.1 Å². The normalized spacial score (nSPS) is 9.94. The molecule has 4 heteroatoms. The molecule has 1 aromatic carbocycles. The van der Waals surface area contributed by atoms with Crippen LogP contribution in [0.25, 0.3) is 0 Å². The fourth-order valence-electron chi connectivity index (χ4n) is 1.41. The molecule has 0 aliphatic heterocycles. The monoisotopic (exact) mass is 290 g/mol. The summed E-state index contributed by atoms with van der Waals surface area (Å²) in [5.74, 6) is -0.0904. The van der Waals surface area contributed by atoms with Gasteiger partial charge in [0.25, 0.3) is 5.91 Å². The topological polar surface area (TPSA) is 42.0 Å². The van der Waals surface area contributed by atoms with Crippen LogP contribution in [0.1, 0.15) is 16.1 Å². The zero-order valence-corrected chi connectivity index (χ0v) is 10.6. The maximum absolute atomic E-state index is 11.8. The Bertz CT molecular complexity index is 514. The molecule has 1 aromatic heterocycles. The number of nitrogens with zero attached hydrogens (tertiary/aromatic N) is 1. The Labute approximate surface area is 108 Å². The molecule has 0 saturated carbocycles. The lowest BCUT2D eigenvalue weighted by atomic mass is 10.2. The molecule has 1 heterocycles. The van der Waals surface area contributed by atoms with Gasteiger partial charge in [-0.15, -0.1) is 0 Å². The van der Waals surface area contributed by atoms with Crippen LogP contribution in [0.15, 0.2) is 53.1 Å². The molecule has 1 N–H and O–H groups in total.